The molecule has 144 valence electrons. The number of nitrogens with two attached hydrogens (primary N) is 1. The van der Waals surface area contributed by atoms with Crippen molar-refractivity contribution in [1.82, 2.24) is 14.9 Å². The number of nitrogens with zero attached hydrogens (tertiary/aromatic N) is 1. The first-order valence-corrected chi connectivity index (χ1v) is 9.27. The molecule has 0 spiro atoms. The van der Waals surface area contributed by atoms with Gasteiger partial charge in [0.25, 0.3) is 11.8 Å². The lowest BCUT2D eigenvalue weighted by molar-refractivity contribution is -0.122. The molecule has 2 amide bonds. The lowest BCUT2D eigenvalue weighted by Gasteiger charge is -2.03. The predicted molar refractivity (Wildman–Crippen MR) is 111 cm³/mol. The van der Waals surface area contributed by atoms with Gasteiger partial charge >= 0.3 is 0 Å². The van der Waals surface area contributed by atoms with Crippen molar-refractivity contribution in [3.8, 4) is 5.75 Å². The van der Waals surface area contributed by atoms with Crippen molar-refractivity contribution in [2.45, 2.75) is 6.54 Å². The SMILES string of the molecule is NCCn1cc(C2=C(c3c[nH]c4ccccc34)C(=O)NC2=O)c2cc(O)ccc21. The number of imide groups is 1. The number of hydrogen-bond acceptors (Lipinski definition) is 4. The van der Waals surface area contributed by atoms with Gasteiger partial charge in [0, 0.05) is 58.4 Å². The summed E-state index contributed by atoms with van der Waals surface area (Å²) >= 11 is 0. The molecule has 1 aliphatic rings. The van der Waals surface area contributed by atoms with Crippen LogP contribution in [0, 0.1) is 0 Å². The van der Waals surface area contributed by atoms with Gasteiger partial charge in [-0.2, -0.15) is 0 Å². The summed E-state index contributed by atoms with van der Waals surface area (Å²) in [5.74, 6) is -0.803. The Labute approximate surface area is 165 Å². The summed E-state index contributed by atoms with van der Waals surface area (Å²) < 4.78 is 1.93. The van der Waals surface area contributed by atoms with Crippen LogP contribution in [0.15, 0.2) is 54.9 Å². The number of rotatable bonds is 4. The number of fused-ring (bicyclic) bond motifs is 2. The highest BCUT2D eigenvalue weighted by Gasteiger charge is 2.35. The highest BCUT2D eigenvalue weighted by atomic mass is 16.3. The summed E-state index contributed by atoms with van der Waals surface area (Å²) in [6, 6.07) is 12.6. The van der Waals surface area contributed by atoms with Gasteiger partial charge in [-0.15, -0.1) is 0 Å². The van der Waals surface area contributed by atoms with E-state index in [1.165, 1.54) is 0 Å². The maximum atomic E-state index is 12.8. The molecule has 7 heteroatoms. The predicted octanol–water partition coefficient (Wildman–Crippen LogP) is 2.35. The molecule has 1 aliphatic heterocycles. The molecule has 2 aromatic heterocycles. The van der Waals surface area contributed by atoms with Crippen molar-refractivity contribution in [1.29, 1.82) is 0 Å². The molecule has 0 aliphatic carbocycles. The third-order valence-corrected chi connectivity index (χ3v) is 5.29. The average Bonchev–Trinajstić information content (AvgIpc) is 3.35. The molecule has 0 saturated heterocycles. The van der Waals surface area contributed by atoms with E-state index in [1.807, 2.05) is 35.0 Å². The van der Waals surface area contributed by atoms with E-state index in [0.29, 0.717) is 40.7 Å². The highest BCUT2D eigenvalue weighted by Crippen LogP contribution is 2.38. The molecule has 4 aromatic rings. The number of hydrogen-bond donors (Lipinski definition) is 4. The first-order valence-electron chi connectivity index (χ1n) is 9.27. The number of H-pyrrole nitrogens is 1. The quantitative estimate of drug-likeness (QED) is 0.403. The highest BCUT2D eigenvalue weighted by molar-refractivity contribution is 6.50. The van der Waals surface area contributed by atoms with Crippen molar-refractivity contribution in [3.05, 3.63) is 66.0 Å². The van der Waals surface area contributed by atoms with Crippen LogP contribution in [0.5, 0.6) is 5.75 Å². The van der Waals surface area contributed by atoms with E-state index >= 15 is 0 Å². The van der Waals surface area contributed by atoms with Gasteiger partial charge in [0.1, 0.15) is 5.75 Å². The number of amides is 2. The van der Waals surface area contributed by atoms with Crippen LogP contribution in [0.2, 0.25) is 0 Å². The zero-order valence-corrected chi connectivity index (χ0v) is 15.4. The zero-order valence-electron chi connectivity index (χ0n) is 15.4. The molecule has 3 heterocycles. The average molecular weight is 386 g/mol. The first kappa shape index (κ1) is 17.3. The van der Waals surface area contributed by atoms with Crippen LogP contribution < -0.4 is 11.1 Å². The van der Waals surface area contributed by atoms with Gasteiger partial charge in [0.2, 0.25) is 0 Å². The van der Waals surface area contributed by atoms with Gasteiger partial charge in [-0.25, -0.2) is 0 Å². The number of phenolic OH excluding ortho intramolecular Hbond substituents is 1. The Hall–Kier alpha value is -3.84. The molecule has 5 N–H and O–H groups in total. The molecule has 0 fully saturated rings. The fraction of sp³-hybridized carbons (Fsp3) is 0.0909. The third kappa shape index (κ3) is 2.55. The van der Waals surface area contributed by atoms with Crippen LogP contribution in [0.1, 0.15) is 11.1 Å². The van der Waals surface area contributed by atoms with Crippen molar-refractivity contribution in [3.63, 3.8) is 0 Å². The Morgan fingerprint density at radius 1 is 0.966 bits per heavy atom. The fourth-order valence-electron chi connectivity index (χ4n) is 4.06. The van der Waals surface area contributed by atoms with Gasteiger partial charge in [-0.05, 0) is 24.3 Å². The zero-order chi connectivity index (χ0) is 20.1. The van der Waals surface area contributed by atoms with Gasteiger partial charge < -0.3 is 20.4 Å². The van der Waals surface area contributed by atoms with Crippen LogP contribution >= 0.6 is 0 Å². The van der Waals surface area contributed by atoms with E-state index in [4.69, 9.17) is 5.73 Å². The third-order valence-electron chi connectivity index (χ3n) is 5.29. The maximum absolute atomic E-state index is 12.8. The fourth-order valence-corrected chi connectivity index (χ4v) is 4.06. The number of phenols is 1. The normalized spacial score (nSPS) is 14.4. The van der Waals surface area contributed by atoms with Crippen molar-refractivity contribution >= 4 is 44.8 Å². The second-order valence-electron chi connectivity index (χ2n) is 7.01. The van der Waals surface area contributed by atoms with Crippen LogP contribution in [-0.2, 0) is 16.1 Å². The molecular formula is C22H18N4O3. The van der Waals surface area contributed by atoms with Crippen molar-refractivity contribution in [2.24, 2.45) is 5.73 Å². The van der Waals surface area contributed by atoms with Crippen LogP contribution in [-0.4, -0.2) is 33.0 Å². The number of carbonyl (C=O) groups excluding carboxylic acids is 2. The molecule has 0 saturated carbocycles. The number of aromatic hydroxyl groups is 1. The van der Waals surface area contributed by atoms with Gasteiger partial charge in [-0.3, -0.25) is 14.9 Å². The Morgan fingerprint density at radius 2 is 1.72 bits per heavy atom. The van der Waals surface area contributed by atoms with Crippen LogP contribution in [0.3, 0.4) is 0 Å². The van der Waals surface area contributed by atoms with E-state index in [1.54, 1.807) is 24.4 Å². The van der Waals surface area contributed by atoms with Crippen molar-refractivity contribution < 1.29 is 14.7 Å². The van der Waals surface area contributed by atoms with Crippen LogP contribution in [0.4, 0.5) is 0 Å². The molecule has 0 unspecified atom stereocenters. The second kappa shape index (κ2) is 6.35. The largest absolute Gasteiger partial charge is 0.508 e. The minimum absolute atomic E-state index is 0.0863. The summed E-state index contributed by atoms with van der Waals surface area (Å²) in [5, 5.41) is 14.0. The minimum Gasteiger partial charge on any atom is -0.508 e. The molecule has 29 heavy (non-hydrogen) atoms. The molecule has 0 bridgehead atoms. The summed E-state index contributed by atoms with van der Waals surface area (Å²) in [4.78, 5) is 28.7. The summed E-state index contributed by atoms with van der Waals surface area (Å²) in [5.41, 5.74) is 9.33. The van der Waals surface area contributed by atoms with Gasteiger partial charge in [0.15, 0.2) is 0 Å². The van der Waals surface area contributed by atoms with E-state index < -0.39 is 11.8 Å². The van der Waals surface area contributed by atoms with Crippen LogP contribution in [0.25, 0.3) is 33.0 Å². The molecule has 2 aromatic carbocycles. The Bertz CT molecular complexity index is 1340. The van der Waals surface area contributed by atoms with E-state index in [-0.39, 0.29) is 5.75 Å². The molecule has 7 nitrogen and oxygen atoms in total. The molecule has 0 radical (unpaired) electrons. The number of nitrogens with one attached hydrogen (secondary N) is 2. The van der Waals surface area contributed by atoms with Gasteiger partial charge in [0.05, 0.1) is 11.1 Å². The standard InChI is InChI=1S/C22H18N4O3/c23-7-8-26-11-16(14-9-12(27)5-6-18(14)26)20-19(21(28)25-22(20)29)15-10-24-17-4-2-1-3-13(15)17/h1-6,9-11,24,27H,7-8,23H2,(H,25,28,29). The second-order valence-corrected chi connectivity index (χ2v) is 7.01. The lowest BCUT2D eigenvalue weighted by Crippen LogP contribution is -2.22. The minimum atomic E-state index is -0.453. The number of carbonyl (C=O) groups is 2. The summed E-state index contributed by atoms with van der Waals surface area (Å²) in [6.07, 6.45) is 3.56. The number of aromatic amines is 1. The summed E-state index contributed by atoms with van der Waals surface area (Å²) in [6.45, 7) is 0.968. The monoisotopic (exact) mass is 386 g/mol. The smallest absolute Gasteiger partial charge is 0.259 e. The Balaban J connectivity index is 1.84. The van der Waals surface area contributed by atoms with E-state index in [2.05, 4.69) is 10.3 Å². The number of benzene rings is 2. The topological polar surface area (TPSA) is 113 Å². The maximum Gasteiger partial charge on any atom is 0.259 e. The van der Waals surface area contributed by atoms with Crippen molar-refractivity contribution in [2.75, 3.05) is 6.54 Å². The lowest BCUT2D eigenvalue weighted by atomic mass is 9.95. The van der Waals surface area contributed by atoms with Gasteiger partial charge in [-0.1, -0.05) is 18.2 Å². The first-order chi connectivity index (χ1) is 14.1. The van der Waals surface area contributed by atoms with E-state index in [0.717, 1.165) is 16.4 Å². The molecule has 5 rings (SSSR count). The number of aromatic nitrogens is 2. The summed E-state index contributed by atoms with van der Waals surface area (Å²) in [7, 11) is 0. The molecule has 0 atom stereocenters. The Morgan fingerprint density at radius 3 is 2.52 bits per heavy atom. The van der Waals surface area contributed by atoms with E-state index in [9.17, 15) is 14.7 Å². The molecular weight excluding hydrogens is 368 g/mol. The Kier molecular flexibility index (Phi) is 3.78. The number of para-hydroxylation sites is 1.